The van der Waals surface area contributed by atoms with Gasteiger partial charge in [0.2, 0.25) is 5.91 Å². The minimum Gasteiger partial charge on any atom is -0.423 e. The fourth-order valence-electron chi connectivity index (χ4n) is 1.86. The van der Waals surface area contributed by atoms with E-state index in [1.54, 1.807) is 6.07 Å². The quantitative estimate of drug-likeness (QED) is 0.841. The molecule has 0 unspecified atom stereocenters. The van der Waals surface area contributed by atoms with Crippen molar-refractivity contribution in [3.8, 4) is 0 Å². The van der Waals surface area contributed by atoms with Crippen molar-refractivity contribution in [2.45, 2.75) is 26.8 Å². The second-order valence-electron chi connectivity index (χ2n) is 4.18. The average Bonchev–Trinajstić information content (AvgIpc) is 2.35. The molecule has 0 bridgehead atoms. The molecule has 0 saturated carbocycles. The van der Waals surface area contributed by atoms with E-state index in [1.165, 1.54) is 18.6 Å². The van der Waals surface area contributed by atoms with E-state index in [1.807, 2.05) is 12.1 Å². The lowest BCUT2D eigenvalue weighted by molar-refractivity contribution is -0.119. The summed E-state index contributed by atoms with van der Waals surface area (Å²) in [6, 6.07) is 7.16. The minimum absolute atomic E-state index is 0.122. The highest BCUT2D eigenvalue weighted by Gasteiger charge is 2.06. The number of benzene rings is 1. The molecule has 0 radical (unpaired) electrons. The Bertz CT molecular complexity index is 643. The topological polar surface area (TPSA) is 59.3 Å². The van der Waals surface area contributed by atoms with E-state index in [9.17, 15) is 9.59 Å². The lowest BCUT2D eigenvalue weighted by atomic mass is 10.1. The Morgan fingerprint density at radius 3 is 2.78 bits per heavy atom. The van der Waals surface area contributed by atoms with E-state index >= 15 is 0 Å². The number of amides is 1. The number of rotatable bonds is 3. The molecule has 4 nitrogen and oxygen atoms in total. The van der Waals surface area contributed by atoms with Gasteiger partial charge in [-0.25, -0.2) is 4.79 Å². The van der Waals surface area contributed by atoms with Gasteiger partial charge < -0.3 is 9.73 Å². The molecule has 1 amide bonds. The molecule has 0 atom stereocenters. The number of nitrogens with one attached hydrogen (secondary N) is 1. The van der Waals surface area contributed by atoms with Gasteiger partial charge in [-0.05, 0) is 29.7 Å². The predicted octanol–water partition coefficient (Wildman–Crippen LogP) is 1.99. The van der Waals surface area contributed by atoms with Gasteiger partial charge in [0, 0.05) is 24.9 Å². The van der Waals surface area contributed by atoms with Crippen molar-refractivity contribution in [2.75, 3.05) is 0 Å². The molecule has 0 aliphatic carbocycles. The molecule has 0 spiro atoms. The van der Waals surface area contributed by atoms with Gasteiger partial charge in [-0.1, -0.05) is 13.0 Å². The maximum absolute atomic E-state index is 11.4. The van der Waals surface area contributed by atoms with Gasteiger partial charge >= 0.3 is 5.63 Å². The van der Waals surface area contributed by atoms with E-state index in [4.69, 9.17) is 4.42 Å². The summed E-state index contributed by atoms with van der Waals surface area (Å²) in [6.07, 6.45) is 0.911. The van der Waals surface area contributed by atoms with Crippen LogP contribution in [0.25, 0.3) is 11.0 Å². The van der Waals surface area contributed by atoms with E-state index in [0.717, 1.165) is 17.4 Å². The van der Waals surface area contributed by atoms with E-state index < -0.39 is 5.63 Å². The summed E-state index contributed by atoms with van der Waals surface area (Å²) in [5, 5.41) is 3.58. The van der Waals surface area contributed by atoms with Crippen LogP contribution in [0, 0.1) is 0 Å². The van der Waals surface area contributed by atoms with Crippen LogP contribution in [0.1, 0.15) is 25.0 Å². The molecule has 2 rings (SSSR count). The van der Waals surface area contributed by atoms with Crippen LogP contribution < -0.4 is 10.9 Å². The lowest BCUT2D eigenvalue weighted by Gasteiger charge is -2.07. The van der Waals surface area contributed by atoms with Gasteiger partial charge in [0.05, 0.1) is 0 Å². The second-order valence-corrected chi connectivity index (χ2v) is 4.18. The van der Waals surface area contributed by atoms with Crippen LogP contribution in [0.15, 0.2) is 33.5 Å². The maximum Gasteiger partial charge on any atom is 0.336 e. The molecular formula is C14H15NO3. The molecule has 2 aromatic rings. The highest BCUT2D eigenvalue weighted by Crippen LogP contribution is 2.19. The van der Waals surface area contributed by atoms with Crippen LogP contribution in [0.4, 0.5) is 0 Å². The van der Waals surface area contributed by atoms with Crippen LogP contribution in [0.2, 0.25) is 0 Å². The zero-order valence-corrected chi connectivity index (χ0v) is 10.4. The minimum atomic E-state index is -0.396. The number of fused-ring (bicyclic) bond motifs is 1. The zero-order valence-electron chi connectivity index (χ0n) is 10.4. The third-order valence-electron chi connectivity index (χ3n) is 2.83. The Hall–Kier alpha value is -2.10. The average molecular weight is 245 g/mol. The van der Waals surface area contributed by atoms with Crippen LogP contribution in [-0.4, -0.2) is 5.91 Å². The third kappa shape index (κ3) is 2.59. The molecule has 0 aliphatic rings. The SMILES string of the molecule is CCc1ccc2oc(=O)cc(CNC(C)=O)c2c1. The molecular weight excluding hydrogens is 230 g/mol. The van der Waals surface area contributed by atoms with Crippen molar-refractivity contribution >= 4 is 16.9 Å². The second kappa shape index (κ2) is 5.04. The number of carbonyl (C=O) groups excluding carboxylic acids is 1. The van der Waals surface area contributed by atoms with Gasteiger partial charge in [0.1, 0.15) is 5.58 Å². The van der Waals surface area contributed by atoms with Gasteiger partial charge in [-0.2, -0.15) is 0 Å². The fourth-order valence-corrected chi connectivity index (χ4v) is 1.86. The Balaban J connectivity index is 2.54. The van der Waals surface area contributed by atoms with E-state index in [-0.39, 0.29) is 5.91 Å². The van der Waals surface area contributed by atoms with E-state index in [2.05, 4.69) is 12.2 Å². The third-order valence-corrected chi connectivity index (χ3v) is 2.83. The number of hydrogen-bond donors (Lipinski definition) is 1. The summed E-state index contributed by atoms with van der Waals surface area (Å²) in [4.78, 5) is 22.4. The Morgan fingerprint density at radius 1 is 1.33 bits per heavy atom. The lowest BCUT2D eigenvalue weighted by Crippen LogP contribution is -2.20. The highest BCUT2D eigenvalue weighted by molar-refractivity contribution is 5.81. The van der Waals surface area contributed by atoms with Crippen molar-refractivity contribution in [1.82, 2.24) is 5.32 Å². The number of aryl methyl sites for hydroxylation is 1. The predicted molar refractivity (Wildman–Crippen MR) is 69.4 cm³/mol. The zero-order chi connectivity index (χ0) is 13.1. The summed E-state index contributed by atoms with van der Waals surface area (Å²) >= 11 is 0. The smallest absolute Gasteiger partial charge is 0.336 e. The highest BCUT2D eigenvalue weighted by atomic mass is 16.4. The molecule has 94 valence electrons. The fraction of sp³-hybridized carbons (Fsp3) is 0.286. The molecule has 0 aliphatic heterocycles. The van der Waals surface area contributed by atoms with Gasteiger partial charge in [0.25, 0.3) is 0 Å². The monoisotopic (exact) mass is 245 g/mol. The van der Waals surface area contributed by atoms with Crippen molar-refractivity contribution in [3.05, 3.63) is 45.8 Å². The Kier molecular flexibility index (Phi) is 3.46. The maximum atomic E-state index is 11.4. The summed E-state index contributed by atoms with van der Waals surface area (Å²) in [5.41, 5.74) is 2.11. The number of hydrogen-bond acceptors (Lipinski definition) is 3. The summed E-state index contributed by atoms with van der Waals surface area (Å²) in [6.45, 7) is 3.85. The Labute approximate surface area is 105 Å². The molecule has 1 aromatic carbocycles. The standard InChI is InChI=1S/C14H15NO3/c1-3-10-4-5-13-12(6-10)11(7-14(17)18-13)8-15-9(2)16/h4-7H,3,8H2,1-2H3,(H,15,16). The molecule has 4 heteroatoms. The van der Waals surface area contributed by atoms with Crippen LogP contribution in [0.5, 0.6) is 0 Å². The molecule has 0 fully saturated rings. The molecule has 1 heterocycles. The first-order valence-corrected chi connectivity index (χ1v) is 5.90. The largest absolute Gasteiger partial charge is 0.423 e. The summed E-state index contributed by atoms with van der Waals surface area (Å²) in [7, 11) is 0. The first-order chi connectivity index (χ1) is 8.60. The van der Waals surface area contributed by atoms with Crippen molar-refractivity contribution in [3.63, 3.8) is 0 Å². The van der Waals surface area contributed by atoms with Crippen LogP contribution in [-0.2, 0) is 17.8 Å². The summed E-state index contributed by atoms with van der Waals surface area (Å²) < 4.78 is 5.14. The Morgan fingerprint density at radius 2 is 2.11 bits per heavy atom. The molecule has 18 heavy (non-hydrogen) atoms. The first kappa shape index (κ1) is 12.4. The van der Waals surface area contributed by atoms with Crippen molar-refractivity contribution < 1.29 is 9.21 Å². The first-order valence-electron chi connectivity index (χ1n) is 5.90. The van der Waals surface area contributed by atoms with Crippen LogP contribution >= 0.6 is 0 Å². The van der Waals surface area contributed by atoms with Crippen LogP contribution in [0.3, 0.4) is 0 Å². The van der Waals surface area contributed by atoms with Gasteiger partial charge in [-0.3, -0.25) is 4.79 Å². The number of carbonyl (C=O) groups is 1. The van der Waals surface area contributed by atoms with Gasteiger partial charge in [-0.15, -0.1) is 0 Å². The van der Waals surface area contributed by atoms with Crippen molar-refractivity contribution in [1.29, 1.82) is 0 Å². The molecule has 0 saturated heterocycles. The molecule has 1 N–H and O–H groups in total. The molecule has 1 aromatic heterocycles. The van der Waals surface area contributed by atoms with Crippen molar-refractivity contribution in [2.24, 2.45) is 0 Å². The van der Waals surface area contributed by atoms with Gasteiger partial charge in [0.15, 0.2) is 0 Å². The normalized spacial score (nSPS) is 10.6. The summed E-state index contributed by atoms with van der Waals surface area (Å²) in [5.74, 6) is -0.122. The van der Waals surface area contributed by atoms with E-state index in [0.29, 0.717) is 12.1 Å².